The highest BCUT2D eigenvalue weighted by atomic mass is 32.1. The van der Waals surface area contributed by atoms with E-state index >= 15 is 0 Å². The first kappa shape index (κ1) is 17.2. The van der Waals surface area contributed by atoms with Crippen molar-refractivity contribution in [1.82, 2.24) is 14.5 Å². The minimum absolute atomic E-state index is 0.107. The van der Waals surface area contributed by atoms with Gasteiger partial charge in [0.25, 0.3) is 5.56 Å². The van der Waals surface area contributed by atoms with Crippen molar-refractivity contribution in [2.45, 2.75) is 20.4 Å². The minimum Gasteiger partial charge on any atom is -0.462 e. The number of rotatable bonds is 5. The highest BCUT2D eigenvalue weighted by Crippen LogP contribution is 2.24. The first-order chi connectivity index (χ1) is 13.1. The fourth-order valence-corrected chi connectivity index (χ4v) is 3.42. The zero-order valence-corrected chi connectivity index (χ0v) is 15.4. The lowest BCUT2D eigenvalue weighted by Gasteiger charge is -2.03. The third-order valence-electron chi connectivity index (χ3n) is 3.95. The van der Waals surface area contributed by atoms with Gasteiger partial charge >= 0.3 is 5.97 Å². The van der Waals surface area contributed by atoms with Gasteiger partial charge in [-0.1, -0.05) is 6.07 Å². The Kier molecular flexibility index (Phi) is 4.36. The standard InChI is InChI=1S/C18H15N3O5S/c1-3-24-18(23)13-10(2)26-16-14(13)17(22)21(9-19-16)7-11-8-25-15(20-11)12-5-4-6-27-12/h4-6,8-9H,3,7H2,1-2H3. The second-order valence-electron chi connectivity index (χ2n) is 5.73. The molecule has 0 saturated carbocycles. The van der Waals surface area contributed by atoms with E-state index in [9.17, 15) is 9.59 Å². The SMILES string of the molecule is CCOC(=O)c1c(C)oc2ncn(Cc3coc(-c4cccs4)n3)c(=O)c12. The van der Waals surface area contributed by atoms with Gasteiger partial charge in [0, 0.05) is 0 Å². The molecule has 0 aliphatic rings. The molecule has 8 nitrogen and oxygen atoms in total. The van der Waals surface area contributed by atoms with E-state index < -0.39 is 11.5 Å². The van der Waals surface area contributed by atoms with Gasteiger partial charge in [-0.2, -0.15) is 0 Å². The first-order valence-corrected chi connectivity index (χ1v) is 9.10. The average molecular weight is 385 g/mol. The molecule has 0 aliphatic carbocycles. The van der Waals surface area contributed by atoms with Crippen LogP contribution in [-0.2, 0) is 11.3 Å². The summed E-state index contributed by atoms with van der Waals surface area (Å²) >= 11 is 1.51. The van der Waals surface area contributed by atoms with Gasteiger partial charge in [-0.15, -0.1) is 11.3 Å². The van der Waals surface area contributed by atoms with Crippen LogP contribution in [0.4, 0.5) is 0 Å². The molecule has 0 fully saturated rings. The minimum atomic E-state index is -0.605. The molecule has 4 rings (SSSR count). The largest absolute Gasteiger partial charge is 0.462 e. The molecule has 4 aromatic heterocycles. The average Bonchev–Trinajstić information content (AvgIpc) is 3.36. The van der Waals surface area contributed by atoms with Gasteiger partial charge in [-0.25, -0.2) is 14.8 Å². The summed E-state index contributed by atoms with van der Waals surface area (Å²) in [6, 6.07) is 3.81. The number of hydrogen-bond donors (Lipinski definition) is 0. The number of furan rings is 1. The Labute approximate surface area is 157 Å². The van der Waals surface area contributed by atoms with Crippen LogP contribution in [0.5, 0.6) is 0 Å². The maximum absolute atomic E-state index is 12.9. The molecule has 0 aromatic carbocycles. The topological polar surface area (TPSA) is 100 Å². The summed E-state index contributed by atoms with van der Waals surface area (Å²) in [4.78, 5) is 34.6. The van der Waals surface area contributed by atoms with Crippen molar-refractivity contribution in [3.8, 4) is 10.8 Å². The second-order valence-corrected chi connectivity index (χ2v) is 6.68. The molecule has 0 saturated heterocycles. The van der Waals surface area contributed by atoms with E-state index in [0.717, 1.165) is 4.88 Å². The van der Waals surface area contributed by atoms with Gasteiger partial charge in [0.2, 0.25) is 11.6 Å². The fourth-order valence-electron chi connectivity index (χ4n) is 2.77. The highest BCUT2D eigenvalue weighted by molar-refractivity contribution is 7.13. The molecule has 0 atom stereocenters. The van der Waals surface area contributed by atoms with E-state index in [-0.39, 0.29) is 29.8 Å². The van der Waals surface area contributed by atoms with Crippen LogP contribution < -0.4 is 5.56 Å². The third kappa shape index (κ3) is 3.06. The Morgan fingerprint density at radius 1 is 1.41 bits per heavy atom. The number of nitrogens with zero attached hydrogens (tertiary/aromatic N) is 3. The number of carbonyl (C=O) groups excluding carboxylic acids is 1. The molecular formula is C18H15N3O5S. The number of oxazole rings is 1. The normalized spacial score (nSPS) is 11.2. The van der Waals surface area contributed by atoms with E-state index in [1.54, 1.807) is 13.8 Å². The smallest absolute Gasteiger partial charge is 0.342 e. The van der Waals surface area contributed by atoms with Crippen molar-refractivity contribution >= 4 is 28.4 Å². The van der Waals surface area contributed by atoms with E-state index in [0.29, 0.717) is 17.3 Å². The maximum Gasteiger partial charge on any atom is 0.342 e. The highest BCUT2D eigenvalue weighted by Gasteiger charge is 2.24. The van der Waals surface area contributed by atoms with Crippen molar-refractivity contribution in [3.05, 3.63) is 57.5 Å². The van der Waals surface area contributed by atoms with Crippen LogP contribution >= 0.6 is 11.3 Å². The molecule has 0 bridgehead atoms. The summed E-state index contributed by atoms with van der Waals surface area (Å²) < 4.78 is 17.3. The molecule has 27 heavy (non-hydrogen) atoms. The van der Waals surface area contributed by atoms with Crippen LogP contribution in [0.15, 0.2) is 43.7 Å². The van der Waals surface area contributed by atoms with Gasteiger partial charge in [0.05, 0.1) is 23.7 Å². The van der Waals surface area contributed by atoms with Crippen molar-refractivity contribution in [2.75, 3.05) is 6.61 Å². The molecule has 4 aromatic rings. The number of aryl methyl sites for hydroxylation is 1. The third-order valence-corrected chi connectivity index (χ3v) is 4.81. The van der Waals surface area contributed by atoms with Crippen LogP contribution in [0.2, 0.25) is 0 Å². The zero-order valence-electron chi connectivity index (χ0n) is 14.6. The zero-order chi connectivity index (χ0) is 19.0. The number of aromatic nitrogens is 3. The summed E-state index contributed by atoms with van der Waals surface area (Å²) in [5.74, 6) is 0.187. The van der Waals surface area contributed by atoms with E-state index in [1.807, 2.05) is 17.5 Å². The Balaban J connectivity index is 1.73. The van der Waals surface area contributed by atoms with E-state index in [4.69, 9.17) is 13.6 Å². The van der Waals surface area contributed by atoms with Crippen molar-refractivity contribution in [2.24, 2.45) is 0 Å². The molecule has 0 spiro atoms. The molecule has 0 unspecified atom stereocenters. The number of ether oxygens (including phenoxy) is 1. The fraction of sp³-hybridized carbons (Fsp3) is 0.222. The summed E-state index contributed by atoms with van der Waals surface area (Å²) in [5.41, 5.74) is 0.384. The van der Waals surface area contributed by atoms with E-state index in [2.05, 4.69) is 9.97 Å². The Hall–Kier alpha value is -3.20. The first-order valence-electron chi connectivity index (χ1n) is 8.22. The Morgan fingerprint density at radius 3 is 3.00 bits per heavy atom. The van der Waals surface area contributed by atoms with Gasteiger partial charge < -0.3 is 13.6 Å². The van der Waals surface area contributed by atoms with Crippen LogP contribution in [0.1, 0.15) is 28.7 Å². The Bertz CT molecular complexity index is 1170. The molecular weight excluding hydrogens is 370 g/mol. The monoisotopic (exact) mass is 385 g/mol. The van der Waals surface area contributed by atoms with Crippen LogP contribution in [0.3, 0.4) is 0 Å². The molecule has 0 amide bonds. The van der Waals surface area contributed by atoms with Crippen LogP contribution in [0.25, 0.3) is 21.9 Å². The number of hydrogen-bond acceptors (Lipinski definition) is 8. The number of esters is 1. The van der Waals surface area contributed by atoms with E-state index in [1.165, 1.54) is 28.5 Å². The summed E-state index contributed by atoms with van der Waals surface area (Å²) in [5, 5.41) is 2.04. The van der Waals surface area contributed by atoms with Crippen LogP contribution in [0, 0.1) is 6.92 Å². The predicted molar refractivity (Wildman–Crippen MR) is 97.9 cm³/mol. The molecule has 0 aliphatic heterocycles. The lowest BCUT2D eigenvalue weighted by molar-refractivity contribution is 0.0526. The van der Waals surface area contributed by atoms with Gasteiger partial charge in [-0.3, -0.25) is 9.36 Å². The number of fused-ring (bicyclic) bond motifs is 1. The van der Waals surface area contributed by atoms with Crippen molar-refractivity contribution in [1.29, 1.82) is 0 Å². The predicted octanol–water partition coefficient (Wildman–Crippen LogP) is 3.24. The molecule has 138 valence electrons. The summed E-state index contributed by atoms with van der Waals surface area (Å²) in [7, 11) is 0. The quantitative estimate of drug-likeness (QED) is 0.486. The van der Waals surface area contributed by atoms with Gasteiger partial charge in [0.1, 0.15) is 29.3 Å². The van der Waals surface area contributed by atoms with Gasteiger partial charge in [0.15, 0.2) is 0 Å². The number of thiophene rings is 1. The lowest BCUT2D eigenvalue weighted by Crippen LogP contribution is -2.22. The molecule has 0 radical (unpaired) electrons. The lowest BCUT2D eigenvalue weighted by atomic mass is 10.2. The summed E-state index contributed by atoms with van der Waals surface area (Å²) in [6.45, 7) is 3.65. The van der Waals surface area contributed by atoms with Crippen molar-refractivity contribution < 1.29 is 18.4 Å². The molecule has 0 N–H and O–H groups in total. The summed E-state index contributed by atoms with van der Waals surface area (Å²) in [6.07, 6.45) is 2.86. The maximum atomic E-state index is 12.9. The number of carbonyl (C=O) groups is 1. The molecule has 9 heteroatoms. The molecule has 4 heterocycles. The second kappa shape index (κ2) is 6.84. The van der Waals surface area contributed by atoms with Crippen molar-refractivity contribution in [3.63, 3.8) is 0 Å². The van der Waals surface area contributed by atoms with Crippen LogP contribution in [-0.4, -0.2) is 27.1 Å². The Morgan fingerprint density at radius 2 is 2.26 bits per heavy atom. The van der Waals surface area contributed by atoms with Gasteiger partial charge in [-0.05, 0) is 25.3 Å².